The van der Waals surface area contributed by atoms with Gasteiger partial charge in [-0.25, -0.2) is 4.98 Å². The second kappa shape index (κ2) is 3.56. The molecular formula is C15H9BrN2. The number of benzene rings is 2. The van der Waals surface area contributed by atoms with Gasteiger partial charge < -0.3 is 0 Å². The Morgan fingerprint density at radius 1 is 0.889 bits per heavy atom. The molecule has 0 saturated heterocycles. The third-order valence-corrected chi connectivity index (χ3v) is 3.72. The van der Waals surface area contributed by atoms with E-state index in [1.165, 1.54) is 10.9 Å². The number of fused-ring (bicyclic) bond motifs is 5. The fourth-order valence-corrected chi connectivity index (χ4v) is 2.82. The third-order valence-electron chi connectivity index (χ3n) is 3.23. The van der Waals surface area contributed by atoms with Gasteiger partial charge in [-0.1, -0.05) is 28.1 Å². The number of nitrogens with zero attached hydrogens (tertiary/aromatic N) is 2. The normalized spacial score (nSPS) is 11.6. The molecule has 0 bridgehead atoms. The van der Waals surface area contributed by atoms with E-state index in [1.807, 2.05) is 18.2 Å². The van der Waals surface area contributed by atoms with Crippen LogP contribution in [0.25, 0.3) is 27.6 Å². The van der Waals surface area contributed by atoms with Gasteiger partial charge in [0.25, 0.3) is 0 Å². The van der Waals surface area contributed by atoms with Gasteiger partial charge in [0, 0.05) is 4.47 Å². The summed E-state index contributed by atoms with van der Waals surface area (Å²) in [6, 6.07) is 18.7. The zero-order chi connectivity index (χ0) is 12.1. The number of hydrogen-bond acceptors (Lipinski definition) is 1. The third kappa shape index (κ3) is 1.31. The smallest absolute Gasteiger partial charge is 0.138 e. The fourth-order valence-electron chi connectivity index (χ4n) is 2.44. The van der Waals surface area contributed by atoms with E-state index < -0.39 is 0 Å². The van der Waals surface area contributed by atoms with Gasteiger partial charge in [-0.2, -0.15) is 0 Å². The molecule has 0 aliphatic carbocycles. The maximum Gasteiger partial charge on any atom is 0.138 e. The molecule has 0 unspecified atom stereocenters. The van der Waals surface area contributed by atoms with Gasteiger partial charge in [0.1, 0.15) is 5.65 Å². The molecule has 2 heterocycles. The van der Waals surface area contributed by atoms with Gasteiger partial charge in [-0.3, -0.25) is 4.40 Å². The van der Waals surface area contributed by atoms with Crippen LogP contribution in [0.5, 0.6) is 0 Å². The Morgan fingerprint density at radius 3 is 2.72 bits per heavy atom. The van der Waals surface area contributed by atoms with Gasteiger partial charge in [-0.05, 0) is 47.9 Å². The van der Waals surface area contributed by atoms with Gasteiger partial charge in [0.2, 0.25) is 0 Å². The number of rotatable bonds is 0. The molecule has 0 amide bonds. The molecule has 3 heteroatoms. The first kappa shape index (κ1) is 10.1. The molecule has 0 aliphatic rings. The largest absolute Gasteiger partial charge is 0.292 e. The van der Waals surface area contributed by atoms with Crippen molar-refractivity contribution in [2.24, 2.45) is 0 Å². The molecule has 2 aromatic carbocycles. The van der Waals surface area contributed by atoms with E-state index in [2.05, 4.69) is 61.7 Å². The summed E-state index contributed by atoms with van der Waals surface area (Å²) in [6.45, 7) is 0. The summed E-state index contributed by atoms with van der Waals surface area (Å²) in [5.74, 6) is 0. The Labute approximate surface area is 112 Å². The minimum atomic E-state index is 0.992. The van der Waals surface area contributed by atoms with E-state index in [0.29, 0.717) is 0 Å². The number of hydrogen-bond donors (Lipinski definition) is 0. The first-order valence-corrected chi connectivity index (χ1v) is 6.58. The highest BCUT2D eigenvalue weighted by Gasteiger charge is 2.06. The molecule has 2 nitrogen and oxygen atoms in total. The highest BCUT2D eigenvalue weighted by atomic mass is 79.9. The van der Waals surface area contributed by atoms with Crippen LogP contribution in [-0.4, -0.2) is 9.38 Å². The predicted molar refractivity (Wildman–Crippen MR) is 77.9 cm³/mol. The number of pyridine rings is 1. The maximum absolute atomic E-state index is 4.64. The molecule has 0 fully saturated rings. The Kier molecular flexibility index (Phi) is 2.00. The second-order valence-corrected chi connectivity index (χ2v) is 5.25. The summed E-state index contributed by atoms with van der Waals surface area (Å²) in [5.41, 5.74) is 4.36. The fraction of sp³-hybridized carbons (Fsp3) is 0. The van der Waals surface area contributed by atoms with E-state index in [4.69, 9.17) is 0 Å². The summed E-state index contributed by atoms with van der Waals surface area (Å²) in [7, 11) is 0. The summed E-state index contributed by atoms with van der Waals surface area (Å²) in [6.07, 6.45) is 0. The summed E-state index contributed by atoms with van der Waals surface area (Å²) < 4.78 is 3.30. The van der Waals surface area contributed by atoms with Crippen LogP contribution in [0.2, 0.25) is 0 Å². The highest BCUT2D eigenvalue weighted by Crippen LogP contribution is 2.25. The molecule has 0 radical (unpaired) electrons. The van der Waals surface area contributed by atoms with Crippen molar-refractivity contribution in [3.05, 3.63) is 59.1 Å². The van der Waals surface area contributed by atoms with E-state index in [-0.39, 0.29) is 0 Å². The van der Waals surface area contributed by atoms with Crippen molar-refractivity contribution in [2.45, 2.75) is 0 Å². The Bertz CT molecular complexity index is 893. The molecule has 0 aliphatic heterocycles. The van der Waals surface area contributed by atoms with Crippen LogP contribution in [-0.2, 0) is 0 Å². The van der Waals surface area contributed by atoms with Crippen LogP contribution in [0, 0.1) is 0 Å². The van der Waals surface area contributed by atoms with Crippen molar-refractivity contribution in [3.63, 3.8) is 0 Å². The highest BCUT2D eigenvalue weighted by molar-refractivity contribution is 9.10. The predicted octanol–water partition coefficient (Wildman–Crippen LogP) is 4.40. The lowest BCUT2D eigenvalue weighted by molar-refractivity contribution is 1.30. The van der Waals surface area contributed by atoms with Gasteiger partial charge in [-0.15, -0.1) is 0 Å². The van der Waals surface area contributed by atoms with Crippen molar-refractivity contribution in [2.75, 3.05) is 0 Å². The SMILES string of the molecule is Brc1ccc2c(ccc3nc4ccccc4n32)c1. The second-order valence-electron chi connectivity index (χ2n) is 4.33. The lowest BCUT2D eigenvalue weighted by atomic mass is 10.2. The minimum absolute atomic E-state index is 0.992. The zero-order valence-electron chi connectivity index (χ0n) is 9.47. The lowest BCUT2D eigenvalue weighted by Crippen LogP contribution is -1.87. The van der Waals surface area contributed by atoms with Crippen LogP contribution in [0.3, 0.4) is 0 Å². The number of aromatic nitrogens is 2. The Hall–Kier alpha value is -1.87. The van der Waals surface area contributed by atoms with Crippen LogP contribution >= 0.6 is 15.9 Å². The van der Waals surface area contributed by atoms with Gasteiger partial charge >= 0.3 is 0 Å². The summed E-state index contributed by atoms with van der Waals surface area (Å²) >= 11 is 3.51. The molecular weight excluding hydrogens is 288 g/mol. The molecule has 4 aromatic rings. The van der Waals surface area contributed by atoms with Crippen LogP contribution in [0.4, 0.5) is 0 Å². The van der Waals surface area contributed by atoms with E-state index in [0.717, 1.165) is 21.2 Å². The average Bonchev–Trinajstić information content (AvgIpc) is 2.77. The Morgan fingerprint density at radius 2 is 1.78 bits per heavy atom. The van der Waals surface area contributed by atoms with Gasteiger partial charge in [0.15, 0.2) is 0 Å². The van der Waals surface area contributed by atoms with E-state index >= 15 is 0 Å². The van der Waals surface area contributed by atoms with E-state index in [9.17, 15) is 0 Å². The molecule has 18 heavy (non-hydrogen) atoms. The number of para-hydroxylation sites is 2. The zero-order valence-corrected chi connectivity index (χ0v) is 11.1. The van der Waals surface area contributed by atoms with Crippen molar-refractivity contribution >= 4 is 43.5 Å². The topological polar surface area (TPSA) is 17.3 Å². The lowest BCUT2D eigenvalue weighted by Gasteiger charge is -2.03. The molecule has 0 N–H and O–H groups in total. The molecule has 86 valence electrons. The first-order chi connectivity index (χ1) is 8.83. The Balaban J connectivity index is 2.32. The van der Waals surface area contributed by atoms with Crippen LogP contribution < -0.4 is 0 Å². The van der Waals surface area contributed by atoms with Crippen LogP contribution in [0.1, 0.15) is 0 Å². The molecule has 4 rings (SSSR count). The summed E-state index contributed by atoms with van der Waals surface area (Å²) in [5, 5.41) is 1.21. The number of halogens is 1. The number of imidazole rings is 1. The molecule has 0 saturated carbocycles. The molecule has 2 aromatic heterocycles. The average molecular weight is 297 g/mol. The monoisotopic (exact) mass is 296 g/mol. The standard InChI is InChI=1S/C15H9BrN2/c16-11-6-7-13-10(9-11)5-8-15-17-12-3-1-2-4-14(12)18(13)15/h1-9H. The quantitative estimate of drug-likeness (QED) is 0.470. The molecule has 0 atom stereocenters. The maximum atomic E-state index is 4.64. The first-order valence-electron chi connectivity index (χ1n) is 5.78. The van der Waals surface area contributed by atoms with Crippen molar-refractivity contribution in [3.8, 4) is 0 Å². The van der Waals surface area contributed by atoms with Crippen molar-refractivity contribution < 1.29 is 0 Å². The summed E-state index contributed by atoms with van der Waals surface area (Å²) in [4.78, 5) is 4.64. The van der Waals surface area contributed by atoms with Crippen molar-refractivity contribution in [1.82, 2.24) is 9.38 Å². The van der Waals surface area contributed by atoms with E-state index in [1.54, 1.807) is 0 Å². The molecule has 0 spiro atoms. The van der Waals surface area contributed by atoms with Gasteiger partial charge in [0.05, 0.1) is 16.6 Å². The van der Waals surface area contributed by atoms with Crippen LogP contribution in [0.15, 0.2) is 59.1 Å². The van der Waals surface area contributed by atoms with Crippen molar-refractivity contribution in [1.29, 1.82) is 0 Å². The minimum Gasteiger partial charge on any atom is -0.292 e.